The lowest BCUT2D eigenvalue weighted by molar-refractivity contribution is -0.146. The van der Waals surface area contributed by atoms with Gasteiger partial charge in [0.05, 0.1) is 0 Å². The molecule has 92 valence electrons. The van der Waals surface area contributed by atoms with Crippen molar-refractivity contribution in [3.63, 3.8) is 0 Å². The van der Waals surface area contributed by atoms with Gasteiger partial charge < -0.3 is 16.2 Å². The minimum atomic E-state index is -1.21. The summed E-state index contributed by atoms with van der Waals surface area (Å²) < 4.78 is 0. The Bertz CT molecular complexity index is 289. The highest BCUT2D eigenvalue weighted by Crippen LogP contribution is 2.31. The van der Waals surface area contributed by atoms with Gasteiger partial charge in [0.15, 0.2) is 0 Å². The largest absolute Gasteiger partial charge is 0.480 e. The quantitative estimate of drug-likeness (QED) is 0.647. The van der Waals surface area contributed by atoms with Gasteiger partial charge in [-0.3, -0.25) is 4.79 Å². The van der Waals surface area contributed by atoms with Gasteiger partial charge in [0.2, 0.25) is 5.91 Å². The Hall–Kier alpha value is -1.10. The van der Waals surface area contributed by atoms with Gasteiger partial charge in [0, 0.05) is 5.92 Å². The maximum atomic E-state index is 11.9. The van der Waals surface area contributed by atoms with E-state index < -0.39 is 11.5 Å². The number of rotatable bonds is 4. The van der Waals surface area contributed by atoms with Crippen molar-refractivity contribution in [3.05, 3.63) is 0 Å². The molecule has 0 aromatic rings. The van der Waals surface area contributed by atoms with Crippen LogP contribution in [0.1, 0.15) is 33.1 Å². The fraction of sp³-hybridized carbons (Fsp3) is 0.818. The van der Waals surface area contributed by atoms with Crippen LogP contribution in [-0.4, -0.2) is 29.1 Å². The Balaban J connectivity index is 2.62. The van der Waals surface area contributed by atoms with Gasteiger partial charge in [0.25, 0.3) is 0 Å². The van der Waals surface area contributed by atoms with Crippen LogP contribution in [-0.2, 0) is 9.59 Å². The molecular formula is C11H20N2O3. The summed E-state index contributed by atoms with van der Waals surface area (Å²) in [4.78, 5) is 22.8. The molecule has 0 bridgehead atoms. The van der Waals surface area contributed by atoms with E-state index in [4.69, 9.17) is 10.8 Å². The van der Waals surface area contributed by atoms with E-state index in [0.29, 0.717) is 6.54 Å². The fourth-order valence-corrected chi connectivity index (χ4v) is 2.12. The summed E-state index contributed by atoms with van der Waals surface area (Å²) in [5, 5.41) is 11.5. The van der Waals surface area contributed by atoms with E-state index in [-0.39, 0.29) is 17.7 Å². The summed E-state index contributed by atoms with van der Waals surface area (Å²) in [6.45, 7) is 3.46. The SMILES string of the molecule is CC(C)(NC(=O)C1CCCC1CN)C(=O)O. The average Bonchev–Trinajstić information content (AvgIpc) is 2.64. The van der Waals surface area contributed by atoms with Crippen molar-refractivity contribution in [1.82, 2.24) is 5.32 Å². The molecule has 1 aliphatic carbocycles. The zero-order chi connectivity index (χ0) is 12.3. The first-order chi connectivity index (χ1) is 7.38. The van der Waals surface area contributed by atoms with Gasteiger partial charge in [-0.05, 0) is 39.2 Å². The van der Waals surface area contributed by atoms with Crippen molar-refractivity contribution in [1.29, 1.82) is 0 Å². The van der Waals surface area contributed by atoms with Crippen molar-refractivity contribution in [2.75, 3.05) is 6.54 Å². The number of carboxylic acid groups (broad SMARTS) is 1. The minimum absolute atomic E-state index is 0.122. The Kier molecular flexibility index (Phi) is 3.91. The molecular weight excluding hydrogens is 208 g/mol. The maximum Gasteiger partial charge on any atom is 0.328 e. The summed E-state index contributed by atoms with van der Waals surface area (Å²) in [6.07, 6.45) is 2.76. The number of hydrogen-bond acceptors (Lipinski definition) is 3. The molecule has 0 heterocycles. The van der Waals surface area contributed by atoms with Gasteiger partial charge in [-0.1, -0.05) is 6.42 Å². The van der Waals surface area contributed by atoms with Crippen molar-refractivity contribution in [2.24, 2.45) is 17.6 Å². The third-order valence-corrected chi connectivity index (χ3v) is 3.27. The fourth-order valence-electron chi connectivity index (χ4n) is 2.12. The molecule has 0 aliphatic heterocycles. The monoisotopic (exact) mass is 228 g/mol. The van der Waals surface area contributed by atoms with E-state index in [1.165, 1.54) is 13.8 Å². The molecule has 5 heteroatoms. The molecule has 1 amide bonds. The predicted octanol–water partition coefficient (Wildman–Crippen LogP) is 0.341. The lowest BCUT2D eigenvalue weighted by Crippen LogP contribution is -2.52. The number of carbonyl (C=O) groups excluding carboxylic acids is 1. The van der Waals surface area contributed by atoms with Crippen molar-refractivity contribution in [2.45, 2.75) is 38.6 Å². The van der Waals surface area contributed by atoms with E-state index in [0.717, 1.165) is 19.3 Å². The highest BCUT2D eigenvalue weighted by molar-refractivity contribution is 5.87. The lowest BCUT2D eigenvalue weighted by Gasteiger charge is -2.25. The van der Waals surface area contributed by atoms with Crippen LogP contribution in [0, 0.1) is 11.8 Å². The molecule has 1 rings (SSSR count). The van der Waals surface area contributed by atoms with Crippen LogP contribution in [0.5, 0.6) is 0 Å². The second-order valence-corrected chi connectivity index (χ2v) is 4.95. The predicted molar refractivity (Wildman–Crippen MR) is 59.7 cm³/mol. The van der Waals surface area contributed by atoms with Gasteiger partial charge in [-0.15, -0.1) is 0 Å². The van der Waals surface area contributed by atoms with Crippen LogP contribution in [0.25, 0.3) is 0 Å². The Morgan fingerprint density at radius 3 is 2.56 bits per heavy atom. The number of carboxylic acids is 1. The standard InChI is InChI=1S/C11H20N2O3/c1-11(2,10(15)16)13-9(14)8-5-3-4-7(8)6-12/h7-8H,3-6,12H2,1-2H3,(H,13,14)(H,15,16). The summed E-state index contributed by atoms with van der Waals surface area (Å²) in [6, 6.07) is 0. The molecule has 1 aliphatic rings. The molecule has 0 saturated heterocycles. The Morgan fingerprint density at radius 1 is 1.44 bits per heavy atom. The van der Waals surface area contributed by atoms with E-state index >= 15 is 0 Å². The molecule has 1 saturated carbocycles. The molecule has 0 radical (unpaired) electrons. The third-order valence-electron chi connectivity index (χ3n) is 3.27. The van der Waals surface area contributed by atoms with Crippen LogP contribution >= 0.6 is 0 Å². The molecule has 0 spiro atoms. The normalized spacial score (nSPS) is 25.4. The summed E-state index contributed by atoms with van der Waals surface area (Å²) >= 11 is 0. The molecule has 1 fully saturated rings. The van der Waals surface area contributed by atoms with E-state index in [9.17, 15) is 9.59 Å². The van der Waals surface area contributed by atoms with Crippen molar-refractivity contribution < 1.29 is 14.7 Å². The van der Waals surface area contributed by atoms with Crippen LogP contribution in [0.15, 0.2) is 0 Å². The summed E-state index contributed by atoms with van der Waals surface area (Å²) in [7, 11) is 0. The number of aliphatic carboxylic acids is 1. The summed E-state index contributed by atoms with van der Waals surface area (Å²) in [5.41, 5.74) is 4.38. The van der Waals surface area contributed by atoms with Gasteiger partial charge >= 0.3 is 5.97 Å². The molecule has 0 aromatic carbocycles. The summed E-state index contributed by atoms with van der Waals surface area (Å²) in [5.74, 6) is -1.13. The second kappa shape index (κ2) is 4.82. The molecule has 16 heavy (non-hydrogen) atoms. The average molecular weight is 228 g/mol. The van der Waals surface area contributed by atoms with Crippen LogP contribution < -0.4 is 11.1 Å². The van der Waals surface area contributed by atoms with Gasteiger partial charge in [-0.2, -0.15) is 0 Å². The number of amides is 1. The minimum Gasteiger partial charge on any atom is -0.480 e. The Morgan fingerprint density at radius 2 is 2.06 bits per heavy atom. The van der Waals surface area contributed by atoms with Crippen LogP contribution in [0.2, 0.25) is 0 Å². The number of nitrogens with one attached hydrogen (secondary N) is 1. The highest BCUT2D eigenvalue weighted by atomic mass is 16.4. The van der Waals surface area contributed by atoms with Gasteiger partial charge in [-0.25, -0.2) is 4.79 Å². The van der Waals surface area contributed by atoms with Crippen LogP contribution in [0.3, 0.4) is 0 Å². The van der Waals surface area contributed by atoms with Crippen molar-refractivity contribution in [3.8, 4) is 0 Å². The van der Waals surface area contributed by atoms with E-state index in [1.54, 1.807) is 0 Å². The molecule has 0 aromatic heterocycles. The molecule has 5 nitrogen and oxygen atoms in total. The lowest BCUT2D eigenvalue weighted by atomic mass is 9.94. The first kappa shape index (κ1) is 13.0. The number of carbonyl (C=O) groups is 2. The first-order valence-corrected chi connectivity index (χ1v) is 5.64. The molecule has 4 N–H and O–H groups in total. The van der Waals surface area contributed by atoms with Gasteiger partial charge in [0.1, 0.15) is 5.54 Å². The van der Waals surface area contributed by atoms with E-state index in [2.05, 4.69) is 5.32 Å². The zero-order valence-electron chi connectivity index (χ0n) is 9.82. The van der Waals surface area contributed by atoms with E-state index in [1.807, 2.05) is 0 Å². The topological polar surface area (TPSA) is 92.4 Å². The third kappa shape index (κ3) is 2.72. The highest BCUT2D eigenvalue weighted by Gasteiger charge is 2.36. The first-order valence-electron chi connectivity index (χ1n) is 5.64. The Labute approximate surface area is 95.4 Å². The second-order valence-electron chi connectivity index (χ2n) is 4.95. The zero-order valence-corrected chi connectivity index (χ0v) is 9.82. The molecule has 2 atom stereocenters. The maximum absolute atomic E-state index is 11.9. The number of hydrogen-bond donors (Lipinski definition) is 3. The molecule has 2 unspecified atom stereocenters. The van der Waals surface area contributed by atoms with Crippen LogP contribution in [0.4, 0.5) is 0 Å². The number of nitrogens with two attached hydrogens (primary N) is 1. The smallest absolute Gasteiger partial charge is 0.328 e. The van der Waals surface area contributed by atoms with Crippen molar-refractivity contribution >= 4 is 11.9 Å².